The first-order chi connectivity index (χ1) is 8.08. The van der Waals surface area contributed by atoms with E-state index in [1.165, 1.54) is 12.3 Å². The van der Waals surface area contributed by atoms with E-state index in [1.807, 2.05) is 13.8 Å². The average Bonchev–Trinajstić information content (AvgIpc) is 2.35. The third kappa shape index (κ3) is 3.67. The smallest absolute Gasteiger partial charge is 0.287 e. The summed E-state index contributed by atoms with van der Waals surface area (Å²) >= 11 is 0. The van der Waals surface area contributed by atoms with Crippen molar-refractivity contribution in [2.45, 2.75) is 26.3 Å². The van der Waals surface area contributed by atoms with Gasteiger partial charge in [0.15, 0.2) is 0 Å². The van der Waals surface area contributed by atoms with Crippen molar-refractivity contribution in [1.82, 2.24) is 4.98 Å². The average molecular weight is 239 g/mol. The molecule has 94 valence electrons. The van der Waals surface area contributed by atoms with Gasteiger partial charge in [0.2, 0.25) is 0 Å². The quantitative estimate of drug-likeness (QED) is 0.583. The van der Waals surface area contributed by atoms with Crippen LogP contribution in [0.4, 0.5) is 11.5 Å². The minimum atomic E-state index is -0.491. The van der Waals surface area contributed by atoms with Crippen LogP contribution in [-0.2, 0) is 0 Å². The largest absolute Gasteiger partial charge is 0.394 e. The second kappa shape index (κ2) is 6.15. The summed E-state index contributed by atoms with van der Waals surface area (Å²) in [5.41, 5.74) is -0.0420. The number of aromatic nitrogens is 1. The molecule has 1 aromatic heterocycles. The summed E-state index contributed by atoms with van der Waals surface area (Å²) in [6.45, 7) is 4.07. The van der Waals surface area contributed by atoms with Gasteiger partial charge >= 0.3 is 0 Å². The topological polar surface area (TPSA) is 88.3 Å². The molecule has 0 aliphatic rings. The molecule has 2 atom stereocenters. The van der Waals surface area contributed by atoms with Gasteiger partial charge in [0.25, 0.3) is 5.69 Å². The molecule has 0 amide bonds. The predicted octanol–water partition coefficient (Wildman–Crippen LogP) is 1.81. The van der Waals surface area contributed by atoms with Crippen molar-refractivity contribution in [2.24, 2.45) is 5.92 Å². The van der Waals surface area contributed by atoms with E-state index in [0.29, 0.717) is 11.7 Å². The highest BCUT2D eigenvalue weighted by atomic mass is 16.6. The van der Waals surface area contributed by atoms with E-state index in [0.717, 1.165) is 6.42 Å². The van der Waals surface area contributed by atoms with Crippen LogP contribution in [0, 0.1) is 16.0 Å². The Labute approximate surface area is 99.8 Å². The van der Waals surface area contributed by atoms with Crippen LogP contribution in [0.5, 0.6) is 0 Å². The lowest BCUT2D eigenvalue weighted by molar-refractivity contribution is -0.385. The molecule has 0 aliphatic carbocycles. The number of hydrogen-bond donors (Lipinski definition) is 2. The van der Waals surface area contributed by atoms with Crippen LogP contribution in [0.1, 0.15) is 20.3 Å². The molecule has 0 aromatic carbocycles. The monoisotopic (exact) mass is 239 g/mol. The van der Waals surface area contributed by atoms with Crippen molar-refractivity contribution < 1.29 is 10.0 Å². The molecule has 1 heterocycles. The number of nitrogens with one attached hydrogen (secondary N) is 1. The van der Waals surface area contributed by atoms with Gasteiger partial charge in [-0.25, -0.2) is 4.98 Å². The number of aliphatic hydroxyl groups excluding tert-OH is 1. The zero-order chi connectivity index (χ0) is 12.8. The van der Waals surface area contributed by atoms with E-state index < -0.39 is 4.92 Å². The lowest BCUT2D eigenvalue weighted by Gasteiger charge is -2.22. The summed E-state index contributed by atoms with van der Waals surface area (Å²) in [5, 5.41) is 22.7. The first-order valence-electron chi connectivity index (χ1n) is 5.56. The Morgan fingerprint density at radius 3 is 2.71 bits per heavy atom. The van der Waals surface area contributed by atoms with Crippen molar-refractivity contribution in [2.75, 3.05) is 11.9 Å². The fourth-order valence-corrected chi connectivity index (χ4v) is 1.42. The lowest BCUT2D eigenvalue weighted by atomic mass is 10.00. The number of rotatable bonds is 6. The molecule has 1 aromatic rings. The summed E-state index contributed by atoms with van der Waals surface area (Å²) in [6, 6.07) is 2.85. The molecule has 0 aliphatic heterocycles. The Bertz CT molecular complexity index is 367. The fourth-order valence-electron chi connectivity index (χ4n) is 1.42. The molecule has 0 spiro atoms. The van der Waals surface area contributed by atoms with Crippen LogP contribution in [0.25, 0.3) is 0 Å². The Balaban J connectivity index is 2.70. The molecule has 0 fully saturated rings. The fraction of sp³-hybridized carbons (Fsp3) is 0.545. The summed E-state index contributed by atoms with van der Waals surface area (Å²) in [6.07, 6.45) is 2.14. The molecule has 6 heteroatoms. The number of aliphatic hydroxyl groups is 1. The lowest BCUT2D eigenvalue weighted by Crippen LogP contribution is -2.31. The Morgan fingerprint density at radius 1 is 1.59 bits per heavy atom. The van der Waals surface area contributed by atoms with Crippen molar-refractivity contribution in [3.63, 3.8) is 0 Å². The van der Waals surface area contributed by atoms with Crippen LogP contribution < -0.4 is 5.32 Å². The van der Waals surface area contributed by atoms with E-state index in [4.69, 9.17) is 0 Å². The zero-order valence-corrected chi connectivity index (χ0v) is 9.96. The third-order valence-electron chi connectivity index (χ3n) is 2.82. The molecule has 0 saturated carbocycles. The molecule has 6 nitrogen and oxygen atoms in total. The molecule has 1 rings (SSSR count). The van der Waals surface area contributed by atoms with Gasteiger partial charge in [-0.1, -0.05) is 20.3 Å². The van der Waals surface area contributed by atoms with Gasteiger partial charge in [-0.15, -0.1) is 0 Å². The van der Waals surface area contributed by atoms with Crippen molar-refractivity contribution in [3.8, 4) is 0 Å². The molecule has 17 heavy (non-hydrogen) atoms. The number of anilines is 1. The number of hydrogen-bond acceptors (Lipinski definition) is 5. The Hall–Kier alpha value is -1.69. The summed E-state index contributed by atoms with van der Waals surface area (Å²) < 4.78 is 0. The summed E-state index contributed by atoms with van der Waals surface area (Å²) in [7, 11) is 0. The summed E-state index contributed by atoms with van der Waals surface area (Å²) in [4.78, 5) is 13.9. The molecule has 2 N–H and O–H groups in total. The number of pyridine rings is 1. The predicted molar refractivity (Wildman–Crippen MR) is 64.8 cm³/mol. The Kier molecular flexibility index (Phi) is 4.84. The van der Waals surface area contributed by atoms with Gasteiger partial charge in [-0.05, 0) is 12.0 Å². The van der Waals surface area contributed by atoms with Crippen molar-refractivity contribution in [1.29, 1.82) is 0 Å². The van der Waals surface area contributed by atoms with Crippen LogP contribution in [0.15, 0.2) is 18.3 Å². The number of nitro groups is 1. The zero-order valence-electron chi connectivity index (χ0n) is 9.96. The van der Waals surface area contributed by atoms with Gasteiger partial charge in [0.1, 0.15) is 12.0 Å². The van der Waals surface area contributed by atoms with E-state index in [2.05, 4.69) is 10.3 Å². The van der Waals surface area contributed by atoms with Gasteiger partial charge in [0, 0.05) is 6.07 Å². The Morgan fingerprint density at radius 2 is 2.29 bits per heavy atom. The van der Waals surface area contributed by atoms with Crippen LogP contribution in [0.3, 0.4) is 0 Å². The third-order valence-corrected chi connectivity index (χ3v) is 2.82. The van der Waals surface area contributed by atoms with Gasteiger partial charge in [-0.3, -0.25) is 10.1 Å². The van der Waals surface area contributed by atoms with E-state index >= 15 is 0 Å². The minimum Gasteiger partial charge on any atom is -0.394 e. The van der Waals surface area contributed by atoms with Crippen molar-refractivity contribution >= 4 is 11.5 Å². The first kappa shape index (κ1) is 13.4. The molecule has 0 radical (unpaired) electrons. The normalized spacial score (nSPS) is 14.1. The molecule has 0 bridgehead atoms. The molecule has 2 unspecified atom stereocenters. The molecular weight excluding hydrogens is 222 g/mol. The van der Waals surface area contributed by atoms with Gasteiger partial charge in [0.05, 0.1) is 17.6 Å². The molecule has 0 saturated heterocycles. The second-order valence-corrected chi connectivity index (χ2v) is 3.98. The maximum absolute atomic E-state index is 10.5. The molecular formula is C11H17N3O3. The maximum atomic E-state index is 10.5. The highest BCUT2D eigenvalue weighted by Crippen LogP contribution is 2.16. The highest BCUT2D eigenvalue weighted by molar-refractivity contribution is 5.41. The van der Waals surface area contributed by atoms with E-state index in [9.17, 15) is 15.2 Å². The summed E-state index contributed by atoms with van der Waals surface area (Å²) in [5.74, 6) is 0.840. The number of nitrogens with zero attached hydrogens (tertiary/aromatic N) is 2. The van der Waals surface area contributed by atoms with Gasteiger partial charge in [-0.2, -0.15) is 0 Å². The standard InChI is InChI=1S/C11H17N3O3/c1-3-8(2)10(7-15)13-11-5-4-9(6-12-11)14(16)17/h4-6,8,10,15H,3,7H2,1-2H3,(H,12,13). The minimum absolute atomic E-state index is 0.00761. The van der Waals surface area contributed by atoms with Crippen molar-refractivity contribution in [3.05, 3.63) is 28.4 Å². The SMILES string of the molecule is CCC(C)C(CO)Nc1ccc([N+](=O)[O-])cn1. The van der Waals surface area contributed by atoms with E-state index in [1.54, 1.807) is 6.07 Å². The van der Waals surface area contributed by atoms with Crippen LogP contribution >= 0.6 is 0 Å². The van der Waals surface area contributed by atoms with Crippen LogP contribution in [-0.4, -0.2) is 27.7 Å². The first-order valence-corrected chi connectivity index (χ1v) is 5.56. The highest BCUT2D eigenvalue weighted by Gasteiger charge is 2.15. The van der Waals surface area contributed by atoms with Crippen LogP contribution in [0.2, 0.25) is 0 Å². The maximum Gasteiger partial charge on any atom is 0.287 e. The second-order valence-electron chi connectivity index (χ2n) is 3.98. The van der Waals surface area contributed by atoms with E-state index in [-0.39, 0.29) is 18.3 Å². The van der Waals surface area contributed by atoms with Gasteiger partial charge < -0.3 is 10.4 Å².